The number of ether oxygens (including phenoxy) is 2. The lowest BCUT2D eigenvalue weighted by Gasteiger charge is -2.25. The summed E-state index contributed by atoms with van der Waals surface area (Å²) in [7, 11) is 3.19. The highest BCUT2D eigenvalue weighted by atomic mass is 127. The molecule has 0 aliphatic heterocycles. The first-order chi connectivity index (χ1) is 12.2. The zero-order valence-corrected chi connectivity index (χ0v) is 19.0. The van der Waals surface area contributed by atoms with Crippen LogP contribution in [0, 0.1) is 3.57 Å². The number of nitrogens with one attached hydrogen (secondary N) is 1. The highest BCUT2D eigenvalue weighted by Crippen LogP contribution is 2.47. The maximum atomic E-state index is 6.38. The van der Waals surface area contributed by atoms with Crippen LogP contribution in [0.5, 0.6) is 11.5 Å². The van der Waals surface area contributed by atoms with Gasteiger partial charge in [-0.3, -0.25) is 0 Å². The van der Waals surface area contributed by atoms with E-state index in [9.17, 15) is 0 Å². The second-order valence-corrected chi connectivity index (χ2v) is 8.42. The molecule has 0 spiro atoms. The highest BCUT2D eigenvalue weighted by molar-refractivity contribution is 14.1. The van der Waals surface area contributed by atoms with Gasteiger partial charge >= 0.3 is 0 Å². The van der Waals surface area contributed by atoms with Gasteiger partial charge in [-0.1, -0.05) is 39.4 Å². The van der Waals surface area contributed by atoms with E-state index in [1.807, 2.05) is 0 Å². The molecule has 6 nitrogen and oxygen atoms in total. The minimum atomic E-state index is -0.180. The van der Waals surface area contributed by atoms with Gasteiger partial charge in [0.25, 0.3) is 0 Å². The molecule has 142 valence electrons. The van der Waals surface area contributed by atoms with Gasteiger partial charge in [-0.15, -0.1) is 0 Å². The van der Waals surface area contributed by atoms with Crippen LogP contribution in [0.4, 0.5) is 11.5 Å². The summed E-state index contributed by atoms with van der Waals surface area (Å²) >= 11 is 7.44. The molecule has 0 amide bonds. The van der Waals surface area contributed by atoms with E-state index in [1.165, 1.54) is 0 Å². The average molecular weight is 488 g/mol. The van der Waals surface area contributed by atoms with E-state index in [2.05, 4.69) is 53.7 Å². The number of methoxy groups -OCH3 is 2. The van der Waals surface area contributed by atoms with E-state index in [0.717, 1.165) is 27.8 Å². The maximum Gasteiger partial charge on any atom is 0.186 e. The Morgan fingerprint density at radius 3 is 2.35 bits per heavy atom. The van der Waals surface area contributed by atoms with Gasteiger partial charge in [0.2, 0.25) is 0 Å². The number of anilines is 2. The first-order valence-electron chi connectivity index (χ1n) is 8.36. The number of nitrogens with zero attached hydrogens (tertiary/aromatic N) is 2. The Bertz CT molecular complexity index is 855. The molecule has 1 aromatic carbocycles. The summed E-state index contributed by atoms with van der Waals surface area (Å²) in [5, 5.41) is 3.84. The molecule has 0 fully saturated rings. The predicted octanol–water partition coefficient (Wildman–Crippen LogP) is 4.67. The van der Waals surface area contributed by atoms with Gasteiger partial charge in [0.05, 0.1) is 39.4 Å². The minimum absolute atomic E-state index is 0.180. The number of aromatic nitrogens is 2. The first-order valence-corrected chi connectivity index (χ1v) is 9.85. The highest BCUT2D eigenvalue weighted by Gasteiger charge is 2.28. The Hall–Kier alpha value is -1.42. The lowest BCUT2D eigenvalue weighted by molar-refractivity contribution is 0.355. The van der Waals surface area contributed by atoms with Crippen molar-refractivity contribution in [1.82, 2.24) is 9.97 Å². The SMILES string of the molecule is CCCC(C)(C)c1nc(N)c2c(NC(C)=S)c(OC)c(OC)c(I)c2n1. The minimum Gasteiger partial charge on any atom is -0.492 e. The summed E-state index contributed by atoms with van der Waals surface area (Å²) in [4.78, 5) is 10.1. The lowest BCUT2D eigenvalue weighted by Crippen LogP contribution is -2.22. The molecule has 3 N–H and O–H groups in total. The maximum absolute atomic E-state index is 6.38. The smallest absolute Gasteiger partial charge is 0.186 e. The number of thiocarbonyl (C=S) groups is 1. The normalized spacial score (nSPS) is 11.5. The van der Waals surface area contributed by atoms with Crippen molar-refractivity contribution in [2.75, 3.05) is 25.3 Å². The Morgan fingerprint density at radius 2 is 1.85 bits per heavy atom. The molecule has 0 radical (unpaired) electrons. The number of hydrogen-bond donors (Lipinski definition) is 2. The Balaban J connectivity index is 2.93. The van der Waals surface area contributed by atoms with Gasteiger partial charge in [0.1, 0.15) is 11.6 Å². The van der Waals surface area contributed by atoms with Crippen LogP contribution in [0.1, 0.15) is 46.4 Å². The quantitative estimate of drug-likeness (QED) is 0.452. The Kier molecular flexibility index (Phi) is 6.49. The molecule has 0 atom stereocenters. The third-order valence-corrected chi connectivity index (χ3v) is 5.32. The van der Waals surface area contributed by atoms with E-state index < -0.39 is 0 Å². The summed E-state index contributed by atoms with van der Waals surface area (Å²) < 4.78 is 12.0. The molecule has 2 rings (SSSR count). The molecular formula is C18H25IN4O2S. The van der Waals surface area contributed by atoms with Crippen molar-refractivity contribution in [2.45, 2.75) is 46.0 Å². The molecule has 0 aliphatic carbocycles. The van der Waals surface area contributed by atoms with Crippen LogP contribution in [0.15, 0.2) is 0 Å². The van der Waals surface area contributed by atoms with Crippen molar-refractivity contribution >= 4 is 62.2 Å². The van der Waals surface area contributed by atoms with E-state index in [4.69, 9.17) is 32.4 Å². The molecular weight excluding hydrogens is 463 g/mol. The van der Waals surface area contributed by atoms with Crippen molar-refractivity contribution in [2.24, 2.45) is 0 Å². The standard InChI is InChI=1S/C18H25IN4O2S/c1-7-8-18(3,4)17-22-12-10(16(20)23-17)13(21-9(2)26)15(25-6)14(24-5)11(12)19/h7-8H2,1-6H3,(H,21,26)(H2,20,22,23). The molecule has 0 unspecified atom stereocenters. The van der Waals surface area contributed by atoms with Crippen LogP contribution in [-0.2, 0) is 5.41 Å². The fourth-order valence-electron chi connectivity index (χ4n) is 3.03. The van der Waals surface area contributed by atoms with Crippen molar-refractivity contribution in [3.05, 3.63) is 9.39 Å². The van der Waals surface area contributed by atoms with E-state index in [1.54, 1.807) is 21.1 Å². The van der Waals surface area contributed by atoms with Gasteiger partial charge < -0.3 is 20.5 Å². The van der Waals surface area contributed by atoms with Crippen molar-refractivity contribution in [1.29, 1.82) is 0 Å². The van der Waals surface area contributed by atoms with Crippen LogP contribution in [0.25, 0.3) is 10.9 Å². The number of nitrogens with two attached hydrogens (primary N) is 1. The monoisotopic (exact) mass is 488 g/mol. The fourth-order valence-corrected chi connectivity index (χ4v) is 3.99. The lowest BCUT2D eigenvalue weighted by atomic mass is 9.87. The van der Waals surface area contributed by atoms with Crippen molar-refractivity contribution in [3.8, 4) is 11.5 Å². The zero-order valence-electron chi connectivity index (χ0n) is 16.0. The second kappa shape index (κ2) is 8.08. The van der Waals surface area contributed by atoms with E-state index >= 15 is 0 Å². The number of fused-ring (bicyclic) bond motifs is 1. The molecule has 0 saturated carbocycles. The second-order valence-electron chi connectivity index (χ2n) is 6.73. The van der Waals surface area contributed by atoms with E-state index in [0.29, 0.717) is 33.4 Å². The molecule has 2 aromatic rings. The number of benzene rings is 1. The molecule has 1 heterocycles. The Morgan fingerprint density at radius 1 is 1.23 bits per heavy atom. The summed E-state index contributed by atoms with van der Waals surface area (Å²) in [5.74, 6) is 2.24. The van der Waals surface area contributed by atoms with Gasteiger partial charge in [-0.05, 0) is 35.9 Å². The van der Waals surface area contributed by atoms with Crippen LogP contribution < -0.4 is 20.5 Å². The first kappa shape index (κ1) is 20.9. The van der Waals surface area contributed by atoms with Gasteiger partial charge in [-0.25, -0.2) is 9.97 Å². The third kappa shape index (κ3) is 3.80. The summed E-state index contributed by atoms with van der Waals surface area (Å²) in [6, 6.07) is 0. The third-order valence-electron chi connectivity index (χ3n) is 4.22. The van der Waals surface area contributed by atoms with Crippen LogP contribution in [0.2, 0.25) is 0 Å². The molecule has 1 aromatic heterocycles. The number of hydrogen-bond acceptors (Lipinski definition) is 6. The zero-order chi connectivity index (χ0) is 19.6. The number of halogens is 1. The van der Waals surface area contributed by atoms with Gasteiger partial charge in [0, 0.05) is 5.41 Å². The summed E-state index contributed by atoms with van der Waals surface area (Å²) in [6.07, 6.45) is 2.00. The predicted molar refractivity (Wildman–Crippen MR) is 120 cm³/mol. The molecule has 8 heteroatoms. The molecule has 0 saturated heterocycles. The molecule has 0 aliphatic rings. The van der Waals surface area contributed by atoms with E-state index in [-0.39, 0.29) is 5.41 Å². The van der Waals surface area contributed by atoms with Crippen LogP contribution >= 0.6 is 34.8 Å². The summed E-state index contributed by atoms with van der Waals surface area (Å²) in [6.45, 7) is 8.20. The van der Waals surface area contributed by atoms with Crippen LogP contribution in [0.3, 0.4) is 0 Å². The largest absolute Gasteiger partial charge is 0.492 e. The van der Waals surface area contributed by atoms with Gasteiger partial charge in [0.15, 0.2) is 11.5 Å². The average Bonchev–Trinajstić information content (AvgIpc) is 2.56. The van der Waals surface area contributed by atoms with Gasteiger partial charge in [-0.2, -0.15) is 0 Å². The topological polar surface area (TPSA) is 82.3 Å². The number of nitrogen functional groups attached to an aromatic ring is 1. The number of rotatable bonds is 6. The van der Waals surface area contributed by atoms with Crippen molar-refractivity contribution in [3.63, 3.8) is 0 Å². The fraction of sp³-hybridized carbons (Fsp3) is 0.500. The molecule has 26 heavy (non-hydrogen) atoms. The van der Waals surface area contributed by atoms with Crippen molar-refractivity contribution < 1.29 is 9.47 Å². The van der Waals surface area contributed by atoms with Crippen LogP contribution in [-0.4, -0.2) is 29.2 Å². The Labute approximate surface area is 173 Å². The summed E-state index contributed by atoms with van der Waals surface area (Å²) in [5.41, 5.74) is 7.56. The molecule has 0 bridgehead atoms.